The van der Waals surface area contributed by atoms with Crippen LogP contribution in [0.2, 0.25) is 0 Å². The summed E-state index contributed by atoms with van der Waals surface area (Å²) in [6.45, 7) is 4.68. The Morgan fingerprint density at radius 2 is 2.05 bits per heavy atom. The van der Waals surface area contributed by atoms with Crippen molar-refractivity contribution in [3.63, 3.8) is 0 Å². The minimum atomic E-state index is 0.774. The molecular weight excluding hydrogens is 250 g/mol. The molecule has 106 valence electrons. The van der Waals surface area contributed by atoms with E-state index in [0.29, 0.717) is 0 Å². The van der Waals surface area contributed by atoms with Crippen LogP contribution in [-0.2, 0) is 13.1 Å². The van der Waals surface area contributed by atoms with Gasteiger partial charge in [-0.25, -0.2) is 4.98 Å². The molecule has 0 saturated heterocycles. The Hall–Kier alpha value is -2.01. The van der Waals surface area contributed by atoms with E-state index < -0.39 is 0 Å². The molecule has 0 amide bonds. The average Bonchev–Trinajstić information content (AvgIpc) is 2.47. The predicted octanol–water partition coefficient (Wildman–Crippen LogP) is 2.33. The highest BCUT2D eigenvalue weighted by Crippen LogP contribution is 2.06. The van der Waals surface area contributed by atoms with Crippen molar-refractivity contribution in [2.45, 2.75) is 26.4 Å². The highest BCUT2D eigenvalue weighted by Gasteiger charge is 2.03. The van der Waals surface area contributed by atoms with Crippen LogP contribution in [0.25, 0.3) is 0 Å². The van der Waals surface area contributed by atoms with Crippen LogP contribution in [0.5, 0.6) is 0 Å². The molecule has 20 heavy (non-hydrogen) atoms. The molecule has 5 nitrogen and oxygen atoms in total. The zero-order valence-electron chi connectivity index (χ0n) is 12.1. The number of aromatic nitrogens is 3. The summed E-state index contributed by atoms with van der Waals surface area (Å²) in [7, 11) is 2.07. The van der Waals surface area contributed by atoms with Crippen LogP contribution in [0.1, 0.15) is 24.6 Å². The summed E-state index contributed by atoms with van der Waals surface area (Å²) in [6, 6.07) is 4.03. The van der Waals surface area contributed by atoms with E-state index in [1.807, 2.05) is 18.5 Å². The van der Waals surface area contributed by atoms with Crippen molar-refractivity contribution in [2.24, 2.45) is 0 Å². The fraction of sp³-hybridized carbons (Fsp3) is 0.400. The van der Waals surface area contributed by atoms with Gasteiger partial charge >= 0.3 is 0 Å². The van der Waals surface area contributed by atoms with Crippen molar-refractivity contribution in [2.75, 3.05) is 18.9 Å². The van der Waals surface area contributed by atoms with Crippen molar-refractivity contribution < 1.29 is 0 Å². The molecule has 5 heteroatoms. The molecule has 0 radical (unpaired) electrons. The Morgan fingerprint density at radius 1 is 1.15 bits per heavy atom. The normalized spacial score (nSPS) is 10.8. The van der Waals surface area contributed by atoms with Crippen LogP contribution in [0.15, 0.2) is 36.9 Å². The van der Waals surface area contributed by atoms with Gasteiger partial charge in [0, 0.05) is 32.0 Å². The van der Waals surface area contributed by atoms with Crippen LogP contribution >= 0.6 is 0 Å². The molecule has 1 N–H and O–H groups in total. The van der Waals surface area contributed by atoms with Crippen LogP contribution in [0, 0.1) is 0 Å². The lowest BCUT2D eigenvalue weighted by Crippen LogP contribution is -2.18. The Kier molecular flexibility index (Phi) is 5.43. The number of hydrogen-bond donors (Lipinski definition) is 1. The monoisotopic (exact) mass is 271 g/mol. The lowest BCUT2D eigenvalue weighted by Gasteiger charge is -2.15. The number of anilines is 1. The van der Waals surface area contributed by atoms with Gasteiger partial charge in [-0.15, -0.1) is 0 Å². The third kappa shape index (κ3) is 4.59. The predicted molar refractivity (Wildman–Crippen MR) is 80.2 cm³/mol. The van der Waals surface area contributed by atoms with Gasteiger partial charge in [-0.05, 0) is 25.1 Å². The maximum absolute atomic E-state index is 4.43. The lowest BCUT2D eigenvalue weighted by atomic mass is 10.2. The van der Waals surface area contributed by atoms with Crippen LogP contribution in [0.4, 0.5) is 5.82 Å². The molecule has 0 aliphatic rings. The summed E-state index contributed by atoms with van der Waals surface area (Å²) in [4.78, 5) is 15.1. The van der Waals surface area contributed by atoms with E-state index in [2.05, 4.69) is 45.2 Å². The summed E-state index contributed by atoms with van der Waals surface area (Å²) < 4.78 is 0. The largest absolute Gasteiger partial charge is 0.369 e. The molecule has 0 spiro atoms. The molecule has 0 atom stereocenters. The highest BCUT2D eigenvalue weighted by molar-refractivity contribution is 5.30. The van der Waals surface area contributed by atoms with Gasteiger partial charge in [0.2, 0.25) is 0 Å². The van der Waals surface area contributed by atoms with Crippen molar-refractivity contribution in [1.29, 1.82) is 0 Å². The first-order chi connectivity index (χ1) is 9.78. The van der Waals surface area contributed by atoms with Crippen molar-refractivity contribution in [3.8, 4) is 0 Å². The maximum atomic E-state index is 4.43. The first-order valence-electron chi connectivity index (χ1n) is 6.90. The second-order valence-corrected chi connectivity index (χ2v) is 4.85. The highest BCUT2D eigenvalue weighted by atomic mass is 15.1. The molecule has 2 aromatic rings. The van der Waals surface area contributed by atoms with E-state index in [1.54, 1.807) is 12.4 Å². The van der Waals surface area contributed by atoms with E-state index in [1.165, 1.54) is 5.56 Å². The molecule has 0 bridgehead atoms. The topological polar surface area (TPSA) is 53.9 Å². The third-order valence-electron chi connectivity index (χ3n) is 2.87. The standard InChI is InChI=1S/C15H21N5/c1-3-6-17-15-10-18-14(9-19-15)12-20(2)11-13-5-4-7-16-8-13/h4-5,7-10H,3,6,11-12H2,1-2H3,(H,17,19). The first kappa shape index (κ1) is 14.4. The molecular formula is C15H21N5. The minimum absolute atomic E-state index is 0.774. The van der Waals surface area contributed by atoms with Crippen LogP contribution in [-0.4, -0.2) is 33.4 Å². The van der Waals surface area contributed by atoms with Crippen molar-refractivity contribution in [1.82, 2.24) is 19.9 Å². The van der Waals surface area contributed by atoms with Crippen molar-refractivity contribution in [3.05, 3.63) is 48.2 Å². The second-order valence-electron chi connectivity index (χ2n) is 4.85. The number of nitrogens with one attached hydrogen (secondary N) is 1. The Balaban J connectivity index is 1.86. The first-order valence-corrected chi connectivity index (χ1v) is 6.90. The zero-order chi connectivity index (χ0) is 14.2. The summed E-state index contributed by atoms with van der Waals surface area (Å²) in [5, 5.41) is 3.22. The molecule has 0 aliphatic carbocycles. The smallest absolute Gasteiger partial charge is 0.144 e. The molecule has 2 rings (SSSR count). The van der Waals surface area contributed by atoms with Gasteiger partial charge in [0.1, 0.15) is 5.82 Å². The molecule has 2 aromatic heterocycles. The van der Waals surface area contributed by atoms with Gasteiger partial charge in [0.15, 0.2) is 0 Å². The van der Waals surface area contributed by atoms with E-state index >= 15 is 0 Å². The van der Waals surface area contributed by atoms with Gasteiger partial charge in [0.25, 0.3) is 0 Å². The SMILES string of the molecule is CCCNc1cnc(CN(C)Cc2cccnc2)cn1. The minimum Gasteiger partial charge on any atom is -0.369 e. The summed E-state index contributed by atoms with van der Waals surface area (Å²) in [5.74, 6) is 0.838. The van der Waals surface area contributed by atoms with Gasteiger partial charge in [-0.1, -0.05) is 13.0 Å². The summed E-state index contributed by atoms with van der Waals surface area (Å²) in [6.07, 6.45) is 8.38. The summed E-state index contributed by atoms with van der Waals surface area (Å²) >= 11 is 0. The Bertz CT molecular complexity index is 497. The Labute approximate surface area is 120 Å². The molecule has 0 unspecified atom stereocenters. The number of rotatable bonds is 7. The van der Waals surface area contributed by atoms with Gasteiger partial charge in [0.05, 0.1) is 18.1 Å². The zero-order valence-corrected chi connectivity index (χ0v) is 12.1. The van der Waals surface area contributed by atoms with E-state index in [0.717, 1.165) is 37.6 Å². The van der Waals surface area contributed by atoms with Gasteiger partial charge in [-0.2, -0.15) is 0 Å². The number of nitrogens with zero attached hydrogens (tertiary/aromatic N) is 4. The molecule has 0 aliphatic heterocycles. The van der Waals surface area contributed by atoms with E-state index in [9.17, 15) is 0 Å². The molecule has 0 aromatic carbocycles. The lowest BCUT2D eigenvalue weighted by molar-refractivity contribution is 0.314. The van der Waals surface area contributed by atoms with E-state index in [-0.39, 0.29) is 0 Å². The number of pyridine rings is 1. The molecule has 0 saturated carbocycles. The Morgan fingerprint density at radius 3 is 2.70 bits per heavy atom. The quantitative estimate of drug-likeness (QED) is 0.837. The fourth-order valence-corrected chi connectivity index (χ4v) is 1.92. The third-order valence-corrected chi connectivity index (χ3v) is 2.87. The van der Waals surface area contributed by atoms with E-state index in [4.69, 9.17) is 0 Å². The second kappa shape index (κ2) is 7.55. The maximum Gasteiger partial charge on any atom is 0.144 e. The van der Waals surface area contributed by atoms with Crippen LogP contribution < -0.4 is 5.32 Å². The molecule has 0 fully saturated rings. The van der Waals surface area contributed by atoms with Crippen molar-refractivity contribution >= 4 is 5.82 Å². The van der Waals surface area contributed by atoms with Crippen LogP contribution in [0.3, 0.4) is 0 Å². The average molecular weight is 271 g/mol. The summed E-state index contributed by atoms with van der Waals surface area (Å²) in [5.41, 5.74) is 2.17. The van der Waals surface area contributed by atoms with Gasteiger partial charge in [-0.3, -0.25) is 14.9 Å². The molecule has 2 heterocycles. The number of hydrogen-bond acceptors (Lipinski definition) is 5. The van der Waals surface area contributed by atoms with Gasteiger partial charge < -0.3 is 5.32 Å². The fourth-order valence-electron chi connectivity index (χ4n) is 1.92.